The Labute approximate surface area is 190 Å². The number of benzene rings is 1. The van der Waals surface area contributed by atoms with Crippen molar-refractivity contribution in [2.24, 2.45) is 0 Å². The molecule has 1 saturated carbocycles. The van der Waals surface area contributed by atoms with Gasteiger partial charge < -0.3 is 9.88 Å². The minimum atomic E-state index is -0.160. The van der Waals surface area contributed by atoms with Crippen LogP contribution in [0.4, 0.5) is 0 Å². The molecule has 3 heterocycles. The Bertz CT molecular complexity index is 1020. The topological polar surface area (TPSA) is 69.3 Å². The highest BCUT2D eigenvalue weighted by Gasteiger charge is 2.33. The van der Waals surface area contributed by atoms with Gasteiger partial charge in [-0.1, -0.05) is 37.0 Å². The smallest absolute Gasteiger partial charge is 0.255 e. The van der Waals surface area contributed by atoms with Crippen molar-refractivity contribution in [2.75, 3.05) is 13.1 Å². The van der Waals surface area contributed by atoms with Gasteiger partial charge in [-0.05, 0) is 51.2 Å². The summed E-state index contributed by atoms with van der Waals surface area (Å²) in [5, 5.41) is 0. The number of rotatable bonds is 3. The first-order valence-corrected chi connectivity index (χ1v) is 12.3. The molecule has 0 radical (unpaired) electrons. The Hall–Kier alpha value is -2.47. The number of nitrogens with one attached hydrogen (secondary N) is 1. The van der Waals surface area contributed by atoms with Crippen LogP contribution in [-0.2, 0) is 13.0 Å². The molecule has 1 atom stereocenters. The van der Waals surface area contributed by atoms with Crippen LogP contribution in [0.5, 0.6) is 0 Å². The number of aryl methyl sites for hydroxylation is 1. The number of nitrogens with zero attached hydrogens (tertiary/aromatic N) is 3. The van der Waals surface area contributed by atoms with Crippen LogP contribution in [0.1, 0.15) is 90.4 Å². The fourth-order valence-corrected chi connectivity index (χ4v) is 5.70. The van der Waals surface area contributed by atoms with Crippen molar-refractivity contribution >= 4 is 5.91 Å². The van der Waals surface area contributed by atoms with Gasteiger partial charge >= 0.3 is 0 Å². The summed E-state index contributed by atoms with van der Waals surface area (Å²) < 4.78 is 0. The number of aromatic nitrogens is 2. The molecule has 2 fully saturated rings. The molecule has 1 unspecified atom stereocenters. The molecule has 2 aromatic rings. The maximum Gasteiger partial charge on any atom is 0.255 e. The Kier molecular flexibility index (Phi) is 6.13. The van der Waals surface area contributed by atoms with Crippen LogP contribution in [0.2, 0.25) is 0 Å². The normalized spacial score (nSPS) is 22.5. The summed E-state index contributed by atoms with van der Waals surface area (Å²) in [6.07, 6.45) is 10.1. The first-order chi connectivity index (χ1) is 15.6. The summed E-state index contributed by atoms with van der Waals surface area (Å²) >= 11 is 0. The van der Waals surface area contributed by atoms with E-state index in [4.69, 9.17) is 4.98 Å². The maximum absolute atomic E-state index is 13.3. The third-order valence-electron chi connectivity index (χ3n) is 7.59. The molecule has 0 spiro atoms. The summed E-state index contributed by atoms with van der Waals surface area (Å²) in [6, 6.07) is 8.19. The van der Waals surface area contributed by atoms with Crippen molar-refractivity contribution in [3.05, 3.63) is 62.8 Å². The number of hydrogen-bond donors (Lipinski definition) is 1. The molecule has 1 amide bonds. The zero-order valence-corrected chi connectivity index (χ0v) is 19.1. The van der Waals surface area contributed by atoms with Gasteiger partial charge in [-0.3, -0.25) is 14.5 Å². The second-order valence-electron chi connectivity index (χ2n) is 9.76. The lowest BCUT2D eigenvalue weighted by Gasteiger charge is -2.38. The highest BCUT2D eigenvalue weighted by atomic mass is 16.2. The molecule has 170 valence electrons. The lowest BCUT2D eigenvalue weighted by Crippen LogP contribution is -2.44. The third kappa shape index (κ3) is 4.25. The number of carbonyl (C=O) groups excluding carboxylic acids is 1. The number of likely N-dealkylation sites (tertiary alicyclic amines) is 1. The summed E-state index contributed by atoms with van der Waals surface area (Å²) in [7, 11) is 0. The molecule has 1 N–H and O–H groups in total. The quantitative estimate of drug-likeness (QED) is 0.788. The van der Waals surface area contributed by atoms with Gasteiger partial charge in [-0.25, -0.2) is 4.98 Å². The monoisotopic (exact) mass is 434 g/mol. The minimum Gasteiger partial charge on any atom is -0.328 e. The van der Waals surface area contributed by atoms with E-state index < -0.39 is 0 Å². The van der Waals surface area contributed by atoms with Gasteiger partial charge in [-0.15, -0.1) is 0 Å². The Morgan fingerprint density at radius 1 is 1.00 bits per heavy atom. The van der Waals surface area contributed by atoms with Gasteiger partial charge in [0, 0.05) is 37.7 Å². The van der Waals surface area contributed by atoms with Gasteiger partial charge in [0.25, 0.3) is 11.5 Å². The molecule has 1 aromatic carbocycles. The number of amides is 1. The summed E-state index contributed by atoms with van der Waals surface area (Å²) in [6.45, 7) is 4.41. The van der Waals surface area contributed by atoms with Crippen molar-refractivity contribution in [3.8, 4) is 0 Å². The second-order valence-corrected chi connectivity index (χ2v) is 9.76. The largest absolute Gasteiger partial charge is 0.328 e. The predicted octanol–water partition coefficient (Wildman–Crippen LogP) is 4.14. The van der Waals surface area contributed by atoms with Crippen LogP contribution in [0.25, 0.3) is 0 Å². The molecule has 3 aliphatic rings. The highest BCUT2D eigenvalue weighted by Crippen LogP contribution is 2.31. The molecule has 32 heavy (non-hydrogen) atoms. The number of H-pyrrole nitrogens is 1. The third-order valence-corrected chi connectivity index (χ3v) is 7.59. The zero-order chi connectivity index (χ0) is 22.1. The molecule has 1 aliphatic carbocycles. The zero-order valence-electron chi connectivity index (χ0n) is 19.1. The van der Waals surface area contributed by atoms with Crippen molar-refractivity contribution < 1.29 is 4.79 Å². The van der Waals surface area contributed by atoms with Crippen molar-refractivity contribution in [2.45, 2.75) is 83.3 Å². The lowest BCUT2D eigenvalue weighted by molar-refractivity contribution is 0.0598. The fourth-order valence-electron chi connectivity index (χ4n) is 5.70. The second kappa shape index (κ2) is 9.18. The van der Waals surface area contributed by atoms with E-state index in [9.17, 15) is 9.59 Å². The molecule has 1 saturated heterocycles. The van der Waals surface area contributed by atoms with Gasteiger partial charge in [0.05, 0.1) is 17.3 Å². The van der Waals surface area contributed by atoms with E-state index in [2.05, 4.69) is 9.88 Å². The van der Waals surface area contributed by atoms with E-state index in [1.165, 1.54) is 32.1 Å². The Morgan fingerprint density at radius 2 is 1.75 bits per heavy atom. The number of aromatic amines is 1. The van der Waals surface area contributed by atoms with E-state index in [1.807, 2.05) is 36.1 Å². The molecule has 6 nitrogen and oxygen atoms in total. The van der Waals surface area contributed by atoms with Gasteiger partial charge in [-0.2, -0.15) is 0 Å². The Balaban J connectivity index is 1.39. The van der Waals surface area contributed by atoms with Crippen molar-refractivity contribution in [3.63, 3.8) is 0 Å². The first kappa shape index (κ1) is 21.4. The van der Waals surface area contributed by atoms with E-state index in [0.717, 1.165) is 49.0 Å². The van der Waals surface area contributed by atoms with Crippen LogP contribution in [-0.4, -0.2) is 44.8 Å². The van der Waals surface area contributed by atoms with Crippen LogP contribution in [0.3, 0.4) is 0 Å². The summed E-state index contributed by atoms with van der Waals surface area (Å²) in [4.78, 5) is 38.8. The average Bonchev–Trinajstić information content (AvgIpc) is 2.84. The van der Waals surface area contributed by atoms with Crippen molar-refractivity contribution in [1.29, 1.82) is 0 Å². The van der Waals surface area contributed by atoms with E-state index in [1.54, 1.807) is 0 Å². The fraction of sp³-hybridized carbons (Fsp3) is 0.577. The minimum absolute atomic E-state index is 0.0150. The Morgan fingerprint density at radius 3 is 2.53 bits per heavy atom. The number of fused-ring (bicyclic) bond motifs is 1. The number of piperidine rings is 1. The van der Waals surface area contributed by atoms with Gasteiger partial charge in [0.2, 0.25) is 0 Å². The van der Waals surface area contributed by atoms with Crippen LogP contribution in [0.15, 0.2) is 29.1 Å². The molecule has 0 bridgehead atoms. The molecule has 1 aromatic heterocycles. The lowest BCUT2D eigenvalue weighted by atomic mass is 9.92. The van der Waals surface area contributed by atoms with E-state index >= 15 is 0 Å². The number of carbonyl (C=O) groups is 1. The maximum atomic E-state index is 13.3. The van der Waals surface area contributed by atoms with E-state index in [0.29, 0.717) is 30.5 Å². The standard InChI is InChI=1S/C26H34N4O2/c1-18-10-12-19(13-11-18)26(32)30-15-6-5-9-23(30)24-27-22-14-16-29(17-21(22)25(31)28-24)20-7-3-2-4-8-20/h10-13,20,23H,2-9,14-17H2,1H3,(H,27,28,31). The molecular formula is C26H34N4O2. The average molecular weight is 435 g/mol. The van der Waals surface area contributed by atoms with Gasteiger partial charge in [0.1, 0.15) is 5.82 Å². The van der Waals surface area contributed by atoms with Gasteiger partial charge in [0.15, 0.2) is 0 Å². The van der Waals surface area contributed by atoms with Crippen LogP contribution in [0, 0.1) is 6.92 Å². The van der Waals surface area contributed by atoms with Crippen LogP contribution >= 0.6 is 0 Å². The van der Waals surface area contributed by atoms with Crippen LogP contribution < -0.4 is 5.56 Å². The number of hydrogen-bond acceptors (Lipinski definition) is 4. The molecule has 5 rings (SSSR count). The summed E-state index contributed by atoms with van der Waals surface area (Å²) in [5.74, 6) is 0.693. The van der Waals surface area contributed by atoms with E-state index in [-0.39, 0.29) is 17.5 Å². The molecule has 6 heteroatoms. The highest BCUT2D eigenvalue weighted by molar-refractivity contribution is 5.94. The predicted molar refractivity (Wildman–Crippen MR) is 125 cm³/mol. The summed E-state index contributed by atoms with van der Waals surface area (Å²) in [5.41, 5.74) is 3.59. The molecule has 2 aliphatic heterocycles. The SMILES string of the molecule is Cc1ccc(C(=O)N2CCCCC2c2nc3c(c(=O)[nH]2)CN(C2CCCCC2)CC3)cc1. The first-order valence-electron chi connectivity index (χ1n) is 12.3. The molecular weight excluding hydrogens is 400 g/mol. The van der Waals surface area contributed by atoms with Crippen molar-refractivity contribution in [1.82, 2.24) is 19.8 Å².